The summed E-state index contributed by atoms with van der Waals surface area (Å²) in [6.07, 6.45) is 0. The summed E-state index contributed by atoms with van der Waals surface area (Å²) >= 11 is 0. The van der Waals surface area contributed by atoms with Crippen LogP contribution >= 0.6 is 0 Å². The van der Waals surface area contributed by atoms with Gasteiger partial charge in [0.2, 0.25) is 0 Å². The fourth-order valence-corrected chi connectivity index (χ4v) is 1.81. The molecule has 0 aromatic heterocycles. The number of amides is 1. The van der Waals surface area contributed by atoms with Crippen LogP contribution in [0.3, 0.4) is 0 Å². The van der Waals surface area contributed by atoms with Gasteiger partial charge in [-0.1, -0.05) is 12.1 Å². The van der Waals surface area contributed by atoms with E-state index >= 15 is 0 Å². The van der Waals surface area contributed by atoms with Crippen LogP contribution in [0.15, 0.2) is 42.5 Å². The molecule has 5 heteroatoms. The molecule has 0 heterocycles. The van der Waals surface area contributed by atoms with E-state index in [2.05, 4.69) is 10.6 Å². The molecular weight excluding hydrogens is 257 g/mol. The Kier molecular flexibility index (Phi) is 4.32. The highest BCUT2D eigenvalue weighted by Gasteiger charge is 2.08. The van der Waals surface area contributed by atoms with E-state index in [4.69, 9.17) is 5.73 Å². The van der Waals surface area contributed by atoms with Gasteiger partial charge in [-0.3, -0.25) is 4.79 Å². The molecule has 0 bridgehead atoms. The monoisotopic (exact) mass is 273 g/mol. The fraction of sp³-hybridized carbons (Fsp3) is 0.133. The van der Waals surface area contributed by atoms with Gasteiger partial charge in [-0.2, -0.15) is 0 Å². The number of rotatable bonds is 4. The minimum atomic E-state index is -0.445. The molecule has 0 fully saturated rings. The number of nitrogens with one attached hydrogen (secondary N) is 2. The van der Waals surface area contributed by atoms with E-state index in [0.717, 1.165) is 12.1 Å². The van der Waals surface area contributed by atoms with Crippen LogP contribution in [0.25, 0.3) is 0 Å². The number of nitrogens with two attached hydrogens (primary N) is 1. The van der Waals surface area contributed by atoms with Crippen molar-refractivity contribution < 1.29 is 9.18 Å². The second kappa shape index (κ2) is 6.16. The van der Waals surface area contributed by atoms with Gasteiger partial charge in [0.05, 0.1) is 11.4 Å². The Hall–Kier alpha value is -2.40. The zero-order chi connectivity index (χ0) is 14.5. The molecule has 0 atom stereocenters. The topological polar surface area (TPSA) is 67.2 Å². The fourth-order valence-electron chi connectivity index (χ4n) is 1.81. The van der Waals surface area contributed by atoms with Crippen LogP contribution in [-0.4, -0.2) is 13.0 Å². The van der Waals surface area contributed by atoms with Gasteiger partial charge in [-0.25, -0.2) is 4.39 Å². The molecule has 2 aromatic carbocycles. The van der Waals surface area contributed by atoms with Crippen molar-refractivity contribution >= 4 is 17.3 Å². The molecule has 0 aliphatic carbocycles. The number of benzene rings is 2. The smallest absolute Gasteiger partial charge is 0.255 e. The third-order valence-corrected chi connectivity index (χ3v) is 2.86. The molecule has 4 N–H and O–H groups in total. The zero-order valence-electron chi connectivity index (χ0n) is 11.1. The van der Waals surface area contributed by atoms with Crippen LogP contribution in [-0.2, 0) is 6.54 Å². The van der Waals surface area contributed by atoms with Crippen LogP contribution in [0, 0.1) is 5.82 Å². The Morgan fingerprint density at radius 2 is 1.90 bits per heavy atom. The Bertz CT molecular complexity index is 611. The molecule has 0 unspecified atom stereocenters. The highest BCUT2D eigenvalue weighted by atomic mass is 19.1. The number of nitrogen functional groups attached to an aromatic ring is 1. The molecule has 0 radical (unpaired) electrons. The van der Waals surface area contributed by atoms with Crippen molar-refractivity contribution in [3.8, 4) is 0 Å². The first-order chi connectivity index (χ1) is 9.60. The first kappa shape index (κ1) is 14.0. The molecule has 0 saturated carbocycles. The molecule has 104 valence electrons. The molecule has 0 saturated heterocycles. The van der Waals surface area contributed by atoms with E-state index in [-0.39, 0.29) is 11.6 Å². The summed E-state index contributed by atoms with van der Waals surface area (Å²) in [7, 11) is 1.85. The Morgan fingerprint density at radius 1 is 1.20 bits per heavy atom. The van der Waals surface area contributed by atoms with Crippen LogP contribution in [0.1, 0.15) is 15.9 Å². The number of hydrogen-bond acceptors (Lipinski definition) is 3. The van der Waals surface area contributed by atoms with Gasteiger partial charge in [-0.15, -0.1) is 0 Å². The maximum Gasteiger partial charge on any atom is 0.255 e. The van der Waals surface area contributed by atoms with E-state index in [1.54, 1.807) is 12.1 Å². The summed E-state index contributed by atoms with van der Waals surface area (Å²) in [5.41, 5.74) is 7.86. The third-order valence-electron chi connectivity index (χ3n) is 2.86. The van der Waals surface area contributed by atoms with Gasteiger partial charge in [-0.05, 0) is 42.9 Å². The Morgan fingerprint density at radius 3 is 2.55 bits per heavy atom. The van der Waals surface area contributed by atoms with Crippen LogP contribution in [0.2, 0.25) is 0 Å². The summed E-state index contributed by atoms with van der Waals surface area (Å²) in [5.74, 6) is -0.767. The lowest BCUT2D eigenvalue weighted by Crippen LogP contribution is -2.13. The molecule has 2 aromatic rings. The van der Waals surface area contributed by atoms with E-state index in [1.165, 1.54) is 18.2 Å². The van der Waals surface area contributed by atoms with Crippen LogP contribution in [0.5, 0.6) is 0 Å². The van der Waals surface area contributed by atoms with E-state index in [1.807, 2.05) is 19.2 Å². The number of hydrogen-bond donors (Lipinski definition) is 3. The molecule has 20 heavy (non-hydrogen) atoms. The van der Waals surface area contributed by atoms with Crippen molar-refractivity contribution in [2.45, 2.75) is 6.54 Å². The quantitative estimate of drug-likeness (QED) is 0.749. The van der Waals surface area contributed by atoms with Crippen molar-refractivity contribution in [1.29, 1.82) is 0 Å². The van der Waals surface area contributed by atoms with Gasteiger partial charge in [0, 0.05) is 12.1 Å². The van der Waals surface area contributed by atoms with Crippen molar-refractivity contribution in [2.24, 2.45) is 0 Å². The molecule has 1 amide bonds. The van der Waals surface area contributed by atoms with Crippen molar-refractivity contribution in [3.63, 3.8) is 0 Å². The van der Waals surface area contributed by atoms with Crippen molar-refractivity contribution in [2.75, 3.05) is 18.1 Å². The molecule has 0 aliphatic rings. The number of halogens is 1. The lowest BCUT2D eigenvalue weighted by molar-refractivity contribution is 0.102. The summed E-state index contributed by atoms with van der Waals surface area (Å²) in [6.45, 7) is 0.735. The minimum Gasteiger partial charge on any atom is -0.397 e. The van der Waals surface area contributed by atoms with E-state index < -0.39 is 5.82 Å². The van der Waals surface area contributed by atoms with Crippen LogP contribution in [0.4, 0.5) is 15.8 Å². The summed E-state index contributed by atoms with van der Waals surface area (Å²) in [6, 6.07) is 11.0. The standard InChI is InChI=1S/C15H16FN3O/c1-18-9-10-2-4-11(5-3-10)15(20)19-14-8-12(16)6-7-13(14)17/h2-8,18H,9,17H2,1H3,(H,19,20). The SMILES string of the molecule is CNCc1ccc(C(=O)Nc2cc(F)ccc2N)cc1. The van der Waals surface area contributed by atoms with Gasteiger partial charge in [0.15, 0.2) is 0 Å². The van der Waals surface area contributed by atoms with E-state index in [9.17, 15) is 9.18 Å². The normalized spacial score (nSPS) is 10.3. The average Bonchev–Trinajstić information content (AvgIpc) is 2.44. The minimum absolute atomic E-state index is 0.273. The van der Waals surface area contributed by atoms with Gasteiger partial charge >= 0.3 is 0 Å². The summed E-state index contributed by atoms with van der Waals surface area (Å²) in [5, 5.41) is 5.63. The second-order valence-electron chi connectivity index (χ2n) is 4.41. The molecular formula is C15H16FN3O. The second-order valence-corrected chi connectivity index (χ2v) is 4.41. The average molecular weight is 273 g/mol. The first-order valence-electron chi connectivity index (χ1n) is 6.20. The van der Waals surface area contributed by atoms with Crippen molar-refractivity contribution in [3.05, 3.63) is 59.4 Å². The maximum atomic E-state index is 13.1. The summed E-state index contributed by atoms with van der Waals surface area (Å²) < 4.78 is 13.1. The van der Waals surface area contributed by atoms with E-state index in [0.29, 0.717) is 11.3 Å². The largest absolute Gasteiger partial charge is 0.397 e. The van der Waals surface area contributed by atoms with Gasteiger partial charge in [0.25, 0.3) is 5.91 Å². The Labute approximate surface area is 116 Å². The van der Waals surface area contributed by atoms with Gasteiger partial charge < -0.3 is 16.4 Å². The molecule has 2 rings (SSSR count). The molecule has 0 spiro atoms. The van der Waals surface area contributed by atoms with Gasteiger partial charge in [0.1, 0.15) is 5.82 Å². The molecule has 0 aliphatic heterocycles. The summed E-state index contributed by atoms with van der Waals surface area (Å²) in [4.78, 5) is 12.0. The first-order valence-corrected chi connectivity index (χ1v) is 6.20. The predicted molar refractivity (Wildman–Crippen MR) is 78.0 cm³/mol. The number of carbonyl (C=O) groups excluding carboxylic acids is 1. The highest BCUT2D eigenvalue weighted by molar-refractivity contribution is 6.05. The zero-order valence-corrected chi connectivity index (χ0v) is 11.1. The third kappa shape index (κ3) is 3.33. The van der Waals surface area contributed by atoms with Crippen molar-refractivity contribution in [1.82, 2.24) is 5.32 Å². The number of carbonyl (C=O) groups is 1. The Balaban J connectivity index is 2.13. The lowest BCUT2D eigenvalue weighted by Gasteiger charge is -2.09. The maximum absolute atomic E-state index is 13.1. The predicted octanol–water partition coefficient (Wildman–Crippen LogP) is 2.38. The highest BCUT2D eigenvalue weighted by Crippen LogP contribution is 2.20. The lowest BCUT2D eigenvalue weighted by atomic mass is 10.1. The molecule has 4 nitrogen and oxygen atoms in total. The van der Waals surface area contributed by atoms with Crippen LogP contribution < -0.4 is 16.4 Å². The number of anilines is 2.